The van der Waals surface area contributed by atoms with Gasteiger partial charge in [0.15, 0.2) is 0 Å². The molecular formula is C24H26N2O4S. The van der Waals surface area contributed by atoms with Crippen molar-refractivity contribution in [3.8, 4) is 0 Å². The van der Waals surface area contributed by atoms with Gasteiger partial charge < -0.3 is 4.74 Å². The number of carbonyl (C=O) groups is 3. The molecule has 0 bridgehead atoms. The first-order chi connectivity index (χ1) is 15.1. The lowest BCUT2D eigenvalue weighted by molar-refractivity contribution is -0.150. The van der Waals surface area contributed by atoms with Crippen molar-refractivity contribution >= 4 is 35.2 Å². The molecule has 0 aliphatic carbocycles. The number of carbonyl (C=O) groups excluding carboxylic acids is 3. The molecule has 31 heavy (non-hydrogen) atoms. The van der Waals surface area contributed by atoms with Crippen LogP contribution in [-0.4, -0.2) is 48.4 Å². The van der Waals surface area contributed by atoms with Crippen LogP contribution in [0, 0.1) is 5.92 Å². The minimum absolute atomic E-state index is 0.138. The van der Waals surface area contributed by atoms with Gasteiger partial charge in [-0.15, -0.1) is 0 Å². The number of benzene rings is 2. The van der Waals surface area contributed by atoms with E-state index in [0.717, 1.165) is 22.6 Å². The van der Waals surface area contributed by atoms with Crippen LogP contribution in [0.3, 0.4) is 0 Å². The van der Waals surface area contributed by atoms with Crippen LogP contribution >= 0.6 is 11.8 Å². The van der Waals surface area contributed by atoms with E-state index in [4.69, 9.17) is 4.74 Å². The fourth-order valence-electron chi connectivity index (χ4n) is 4.24. The predicted octanol–water partition coefficient (Wildman–Crippen LogP) is 3.74. The molecule has 2 aliphatic rings. The monoisotopic (exact) mass is 438 g/mol. The summed E-state index contributed by atoms with van der Waals surface area (Å²) < 4.78 is 5.17. The molecule has 0 radical (unpaired) electrons. The number of hydrogen-bond donors (Lipinski definition) is 0. The van der Waals surface area contributed by atoms with Crippen LogP contribution in [0.15, 0.2) is 64.4 Å². The second-order valence-electron chi connectivity index (χ2n) is 7.76. The third-order valence-corrected chi connectivity index (χ3v) is 6.79. The lowest BCUT2D eigenvalue weighted by Gasteiger charge is -2.34. The second kappa shape index (κ2) is 9.66. The molecule has 7 heteroatoms. The molecule has 2 aliphatic heterocycles. The molecule has 2 amide bonds. The Labute approximate surface area is 186 Å². The highest BCUT2D eigenvalue weighted by Gasteiger charge is 2.45. The molecule has 2 atom stereocenters. The van der Waals surface area contributed by atoms with Crippen molar-refractivity contribution in [2.24, 2.45) is 5.92 Å². The van der Waals surface area contributed by atoms with Crippen LogP contribution in [0.1, 0.15) is 26.2 Å². The number of esters is 1. The Morgan fingerprint density at radius 1 is 1.10 bits per heavy atom. The maximum atomic E-state index is 13.4. The highest BCUT2D eigenvalue weighted by atomic mass is 32.2. The molecule has 6 nitrogen and oxygen atoms in total. The van der Waals surface area contributed by atoms with Gasteiger partial charge in [-0.3, -0.25) is 19.3 Å². The summed E-state index contributed by atoms with van der Waals surface area (Å²) in [6.07, 6.45) is 1.70. The first-order valence-electron chi connectivity index (χ1n) is 10.7. The van der Waals surface area contributed by atoms with Gasteiger partial charge in [-0.25, -0.2) is 4.90 Å². The van der Waals surface area contributed by atoms with Gasteiger partial charge in [-0.05, 0) is 50.6 Å². The Morgan fingerprint density at radius 3 is 2.61 bits per heavy atom. The van der Waals surface area contributed by atoms with Gasteiger partial charge in [0.2, 0.25) is 5.91 Å². The average Bonchev–Trinajstić information content (AvgIpc) is 3.09. The summed E-state index contributed by atoms with van der Waals surface area (Å²) >= 11 is 1.53. The molecule has 2 fully saturated rings. The van der Waals surface area contributed by atoms with Gasteiger partial charge in [-0.2, -0.15) is 0 Å². The molecule has 2 aromatic carbocycles. The fourth-order valence-corrected chi connectivity index (χ4v) is 5.20. The zero-order valence-corrected chi connectivity index (χ0v) is 18.3. The Morgan fingerprint density at radius 2 is 1.84 bits per heavy atom. The molecule has 0 N–H and O–H groups in total. The van der Waals surface area contributed by atoms with Crippen LogP contribution in [0.5, 0.6) is 0 Å². The van der Waals surface area contributed by atoms with Crippen molar-refractivity contribution in [2.45, 2.75) is 42.0 Å². The largest absolute Gasteiger partial charge is 0.466 e. The van der Waals surface area contributed by atoms with Crippen molar-refractivity contribution < 1.29 is 19.1 Å². The standard InChI is InChI=1S/C24H26N2O4S/c1-2-30-24(29)17-9-8-14-25(16-17)20-15-22(27)26(23(20)28)19-12-6-7-13-21(19)31-18-10-4-3-5-11-18/h3-7,10-13,17,20H,2,8-9,14-16H2,1H3/t17-,20-/m0/s1. The second-order valence-corrected chi connectivity index (χ2v) is 8.87. The zero-order valence-electron chi connectivity index (χ0n) is 17.5. The third-order valence-electron chi connectivity index (χ3n) is 5.71. The molecule has 2 saturated heterocycles. The molecule has 0 unspecified atom stereocenters. The van der Waals surface area contributed by atoms with E-state index in [-0.39, 0.29) is 30.1 Å². The number of hydrogen-bond acceptors (Lipinski definition) is 6. The molecule has 0 spiro atoms. The molecule has 0 saturated carbocycles. The summed E-state index contributed by atoms with van der Waals surface area (Å²) in [6.45, 7) is 3.30. The molecule has 2 aromatic rings. The van der Waals surface area contributed by atoms with E-state index < -0.39 is 6.04 Å². The first kappa shape index (κ1) is 21.6. The van der Waals surface area contributed by atoms with E-state index in [1.165, 1.54) is 16.7 Å². The van der Waals surface area contributed by atoms with Crippen molar-refractivity contribution in [1.82, 2.24) is 4.90 Å². The number of ether oxygens (including phenoxy) is 1. The third kappa shape index (κ3) is 4.67. The van der Waals surface area contributed by atoms with E-state index in [1.54, 1.807) is 6.92 Å². The number of amides is 2. The van der Waals surface area contributed by atoms with Crippen molar-refractivity contribution in [3.05, 3.63) is 54.6 Å². The van der Waals surface area contributed by atoms with Crippen LogP contribution < -0.4 is 4.90 Å². The van der Waals surface area contributed by atoms with Gasteiger partial charge in [0, 0.05) is 16.3 Å². The lowest BCUT2D eigenvalue weighted by atomic mass is 9.96. The number of imide groups is 1. The average molecular weight is 439 g/mol. The van der Waals surface area contributed by atoms with E-state index >= 15 is 0 Å². The Bertz CT molecular complexity index is 965. The maximum Gasteiger partial charge on any atom is 0.310 e. The molecular weight excluding hydrogens is 412 g/mol. The lowest BCUT2D eigenvalue weighted by Crippen LogP contribution is -2.48. The summed E-state index contributed by atoms with van der Waals surface area (Å²) in [7, 11) is 0. The van der Waals surface area contributed by atoms with Crippen LogP contribution in [-0.2, 0) is 19.1 Å². The smallest absolute Gasteiger partial charge is 0.310 e. The van der Waals surface area contributed by atoms with Crippen molar-refractivity contribution in [1.29, 1.82) is 0 Å². The Kier molecular flexibility index (Phi) is 6.73. The summed E-state index contributed by atoms with van der Waals surface area (Å²) in [6, 6.07) is 16.9. The van der Waals surface area contributed by atoms with Gasteiger partial charge >= 0.3 is 5.97 Å². The molecule has 0 aromatic heterocycles. The van der Waals surface area contributed by atoms with E-state index in [0.29, 0.717) is 25.4 Å². The fraction of sp³-hybridized carbons (Fsp3) is 0.375. The van der Waals surface area contributed by atoms with Crippen LogP contribution in [0.25, 0.3) is 0 Å². The normalized spacial score (nSPS) is 22.0. The maximum absolute atomic E-state index is 13.4. The number of likely N-dealkylation sites (tertiary alicyclic amines) is 1. The Balaban J connectivity index is 1.53. The van der Waals surface area contributed by atoms with E-state index in [1.807, 2.05) is 59.5 Å². The highest BCUT2D eigenvalue weighted by Crippen LogP contribution is 2.38. The Hall–Kier alpha value is -2.64. The number of rotatable bonds is 6. The SMILES string of the molecule is CCOC(=O)[C@H]1CCCN([C@H]2CC(=O)N(c3ccccc3Sc3ccccc3)C2=O)C1. The topological polar surface area (TPSA) is 66.9 Å². The number of anilines is 1. The quantitative estimate of drug-likeness (QED) is 0.506. The number of para-hydroxylation sites is 1. The van der Waals surface area contributed by atoms with E-state index in [2.05, 4.69) is 0 Å². The molecule has 2 heterocycles. The van der Waals surface area contributed by atoms with Crippen molar-refractivity contribution in [2.75, 3.05) is 24.6 Å². The predicted molar refractivity (Wildman–Crippen MR) is 119 cm³/mol. The van der Waals surface area contributed by atoms with Gasteiger partial charge in [0.1, 0.15) is 0 Å². The van der Waals surface area contributed by atoms with Gasteiger partial charge in [-0.1, -0.05) is 42.1 Å². The van der Waals surface area contributed by atoms with Crippen molar-refractivity contribution in [3.63, 3.8) is 0 Å². The first-order valence-corrected chi connectivity index (χ1v) is 11.5. The summed E-state index contributed by atoms with van der Waals surface area (Å²) in [5.74, 6) is -0.873. The number of nitrogens with zero attached hydrogens (tertiary/aromatic N) is 2. The minimum Gasteiger partial charge on any atom is -0.466 e. The van der Waals surface area contributed by atoms with E-state index in [9.17, 15) is 14.4 Å². The number of piperidine rings is 1. The summed E-state index contributed by atoms with van der Waals surface area (Å²) in [5, 5.41) is 0. The summed E-state index contributed by atoms with van der Waals surface area (Å²) in [4.78, 5) is 43.7. The highest BCUT2D eigenvalue weighted by molar-refractivity contribution is 7.99. The van der Waals surface area contributed by atoms with Crippen LogP contribution in [0.2, 0.25) is 0 Å². The van der Waals surface area contributed by atoms with Crippen LogP contribution in [0.4, 0.5) is 5.69 Å². The van der Waals surface area contributed by atoms with Gasteiger partial charge in [0.05, 0.1) is 30.7 Å². The molecule has 4 rings (SSSR count). The minimum atomic E-state index is -0.528. The summed E-state index contributed by atoms with van der Waals surface area (Å²) in [5.41, 5.74) is 0.618. The molecule has 162 valence electrons. The zero-order chi connectivity index (χ0) is 21.8. The van der Waals surface area contributed by atoms with Gasteiger partial charge in [0.25, 0.3) is 5.91 Å².